The molecule has 2 aromatic carbocycles. The predicted molar refractivity (Wildman–Crippen MR) is 102 cm³/mol. The Bertz CT molecular complexity index is 1040. The van der Waals surface area contributed by atoms with Crippen LogP contribution in [0.3, 0.4) is 0 Å². The van der Waals surface area contributed by atoms with Crippen LogP contribution in [0, 0.1) is 11.8 Å². The zero-order valence-corrected chi connectivity index (χ0v) is 16.4. The van der Waals surface area contributed by atoms with Gasteiger partial charge in [0.25, 0.3) is 11.8 Å². The van der Waals surface area contributed by atoms with Gasteiger partial charge in [-0.3, -0.25) is 9.59 Å². The number of hydrogen-bond acceptors (Lipinski definition) is 2. The molecule has 32 heavy (non-hydrogen) atoms. The quantitative estimate of drug-likeness (QED) is 0.482. The van der Waals surface area contributed by atoms with E-state index >= 15 is 0 Å². The van der Waals surface area contributed by atoms with Gasteiger partial charge in [0.2, 0.25) is 0 Å². The van der Waals surface area contributed by atoms with Gasteiger partial charge in [-0.2, -0.15) is 26.3 Å². The minimum atomic E-state index is -4.49. The molecule has 0 radical (unpaired) electrons. The lowest BCUT2D eigenvalue weighted by Gasteiger charge is -2.33. The van der Waals surface area contributed by atoms with Crippen LogP contribution in [-0.2, 0) is 17.1 Å². The summed E-state index contributed by atoms with van der Waals surface area (Å²) in [5.41, 5.74) is -1.30. The first-order valence-corrected chi connectivity index (χ1v) is 9.40. The van der Waals surface area contributed by atoms with Gasteiger partial charge in [0.15, 0.2) is 0 Å². The molecule has 0 atom stereocenters. The summed E-state index contributed by atoms with van der Waals surface area (Å²) in [6.07, 6.45) is -8.95. The second-order valence-corrected chi connectivity index (χ2v) is 6.98. The van der Waals surface area contributed by atoms with Crippen molar-refractivity contribution in [2.24, 2.45) is 0 Å². The molecule has 0 saturated carbocycles. The lowest BCUT2D eigenvalue weighted by molar-refractivity contribution is -0.138. The number of rotatable bonds is 1. The average Bonchev–Trinajstić information content (AvgIpc) is 2.76. The molecule has 1 aliphatic rings. The van der Waals surface area contributed by atoms with Crippen molar-refractivity contribution in [3.8, 4) is 11.8 Å². The number of hydrogen-bond donors (Lipinski definition) is 0. The Morgan fingerprint density at radius 3 is 1.59 bits per heavy atom. The Morgan fingerprint density at radius 1 is 0.688 bits per heavy atom. The minimum absolute atomic E-state index is 0.111. The van der Waals surface area contributed by atoms with Crippen LogP contribution in [0.25, 0.3) is 0 Å². The molecule has 2 amide bonds. The van der Waals surface area contributed by atoms with E-state index in [9.17, 15) is 35.9 Å². The van der Waals surface area contributed by atoms with Gasteiger partial charge in [-0.15, -0.1) is 0 Å². The average molecular weight is 454 g/mol. The van der Waals surface area contributed by atoms with Crippen molar-refractivity contribution in [3.05, 3.63) is 70.8 Å². The summed E-state index contributed by atoms with van der Waals surface area (Å²) in [4.78, 5) is 27.5. The van der Waals surface area contributed by atoms with E-state index in [2.05, 4.69) is 11.8 Å². The summed E-state index contributed by atoms with van der Waals surface area (Å²) in [6.45, 7) is 0.695. The number of alkyl halides is 6. The smallest absolute Gasteiger partial charge is 0.335 e. The van der Waals surface area contributed by atoms with Crippen LogP contribution in [0.4, 0.5) is 26.3 Å². The molecular formula is C22H16F6N2O2. The second kappa shape index (κ2) is 8.94. The highest BCUT2D eigenvalue weighted by Crippen LogP contribution is 2.30. The van der Waals surface area contributed by atoms with Crippen molar-refractivity contribution in [1.29, 1.82) is 0 Å². The largest absolute Gasteiger partial charge is 0.416 e. The molecule has 4 nitrogen and oxygen atoms in total. The number of piperazine rings is 1. The summed E-state index contributed by atoms with van der Waals surface area (Å²) >= 11 is 0. The second-order valence-electron chi connectivity index (χ2n) is 6.98. The fourth-order valence-corrected chi connectivity index (χ4v) is 3.04. The van der Waals surface area contributed by atoms with E-state index in [1.807, 2.05) is 0 Å². The van der Waals surface area contributed by atoms with Crippen molar-refractivity contribution in [2.45, 2.75) is 12.4 Å². The molecule has 2 aromatic rings. The zero-order chi connectivity index (χ0) is 23.5. The molecule has 0 unspecified atom stereocenters. The van der Waals surface area contributed by atoms with E-state index < -0.39 is 35.3 Å². The van der Waals surface area contributed by atoms with Gasteiger partial charge >= 0.3 is 12.4 Å². The van der Waals surface area contributed by atoms with Crippen molar-refractivity contribution in [2.75, 3.05) is 26.2 Å². The van der Waals surface area contributed by atoms with Crippen LogP contribution in [-0.4, -0.2) is 47.8 Å². The number of nitrogens with zero attached hydrogens (tertiary/aromatic N) is 2. The molecule has 168 valence electrons. The molecule has 0 aromatic heterocycles. The van der Waals surface area contributed by atoms with E-state index in [1.54, 1.807) is 0 Å². The van der Waals surface area contributed by atoms with E-state index in [0.29, 0.717) is 0 Å². The van der Waals surface area contributed by atoms with Crippen LogP contribution in [0.15, 0.2) is 48.5 Å². The Kier molecular flexibility index (Phi) is 6.48. The highest BCUT2D eigenvalue weighted by atomic mass is 19.4. The summed E-state index contributed by atoms with van der Waals surface area (Å²) in [5, 5.41) is 0. The molecule has 0 N–H and O–H groups in total. The first kappa shape index (κ1) is 23.2. The maximum atomic E-state index is 12.6. The van der Waals surface area contributed by atoms with Crippen molar-refractivity contribution in [3.63, 3.8) is 0 Å². The Morgan fingerprint density at radius 2 is 1.12 bits per heavy atom. The highest BCUT2D eigenvalue weighted by molar-refractivity contribution is 5.96. The van der Waals surface area contributed by atoms with Gasteiger partial charge < -0.3 is 9.80 Å². The van der Waals surface area contributed by atoms with Gasteiger partial charge in [0.1, 0.15) is 0 Å². The predicted octanol–water partition coefficient (Wildman–Crippen LogP) is 4.06. The minimum Gasteiger partial charge on any atom is -0.335 e. The van der Waals surface area contributed by atoms with E-state index in [1.165, 1.54) is 21.9 Å². The van der Waals surface area contributed by atoms with E-state index in [4.69, 9.17) is 0 Å². The van der Waals surface area contributed by atoms with E-state index in [-0.39, 0.29) is 37.3 Å². The third kappa shape index (κ3) is 5.60. The first-order chi connectivity index (χ1) is 14.9. The molecule has 1 fully saturated rings. The third-order valence-electron chi connectivity index (χ3n) is 4.84. The number of amides is 2. The summed E-state index contributed by atoms with van der Waals surface area (Å²) in [6, 6.07) is 7.98. The lowest BCUT2D eigenvalue weighted by atomic mass is 10.1. The van der Waals surface area contributed by atoms with Gasteiger partial charge in [0, 0.05) is 43.2 Å². The first-order valence-electron chi connectivity index (χ1n) is 9.40. The molecule has 1 heterocycles. The summed E-state index contributed by atoms with van der Waals surface area (Å²) < 4.78 is 75.6. The van der Waals surface area contributed by atoms with Gasteiger partial charge in [-0.1, -0.05) is 5.92 Å². The fourth-order valence-electron chi connectivity index (χ4n) is 3.04. The molecular weight excluding hydrogens is 438 g/mol. The van der Waals surface area contributed by atoms with Gasteiger partial charge in [0.05, 0.1) is 11.1 Å². The van der Waals surface area contributed by atoms with E-state index in [0.717, 1.165) is 36.4 Å². The lowest BCUT2D eigenvalue weighted by Crippen LogP contribution is -2.50. The van der Waals surface area contributed by atoms with Crippen LogP contribution in [0.1, 0.15) is 27.0 Å². The van der Waals surface area contributed by atoms with Crippen molar-refractivity contribution in [1.82, 2.24) is 9.80 Å². The molecule has 3 rings (SSSR count). The molecule has 10 heteroatoms. The van der Waals surface area contributed by atoms with Crippen LogP contribution < -0.4 is 0 Å². The monoisotopic (exact) mass is 454 g/mol. The van der Waals surface area contributed by atoms with Crippen molar-refractivity contribution < 1.29 is 35.9 Å². The molecule has 0 bridgehead atoms. The zero-order valence-electron chi connectivity index (χ0n) is 16.4. The van der Waals surface area contributed by atoms with Gasteiger partial charge in [-0.25, -0.2) is 0 Å². The van der Waals surface area contributed by atoms with Crippen molar-refractivity contribution >= 4 is 11.8 Å². The Balaban J connectivity index is 1.56. The number of carbonyl (C=O) groups excluding carboxylic acids is 2. The number of halogens is 6. The molecule has 0 aliphatic carbocycles. The normalized spacial score (nSPS) is 14.6. The standard InChI is InChI=1S/C22H16F6N2O2/c23-21(24,25)17-6-1-15(2-7-17)3-10-19(31)29-11-13-30(14-12-29)20(32)16-4-8-18(9-5-16)22(26,27)28/h1-2,4-9H,11-14H2. The molecule has 0 spiro atoms. The topological polar surface area (TPSA) is 40.6 Å². The maximum absolute atomic E-state index is 12.6. The Labute approximate surface area is 179 Å². The SMILES string of the molecule is O=C(C#Cc1ccc(C(F)(F)F)cc1)N1CCN(C(=O)c2ccc(C(F)(F)F)cc2)CC1. The molecule has 1 aliphatic heterocycles. The van der Waals surface area contributed by atoms with Gasteiger partial charge in [-0.05, 0) is 48.5 Å². The van der Waals surface area contributed by atoms with Crippen LogP contribution >= 0.6 is 0 Å². The summed E-state index contributed by atoms with van der Waals surface area (Å²) in [7, 11) is 0. The maximum Gasteiger partial charge on any atom is 0.416 e. The Hall–Kier alpha value is -3.48. The number of benzene rings is 2. The third-order valence-corrected chi connectivity index (χ3v) is 4.84. The highest BCUT2D eigenvalue weighted by Gasteiger charge is 2.31. The molecule has 1 saturated heterocycles. The van der Waals surface area contributed by atoms with Crippen LogP contribution in [0.2, 0.25) is 0 Å². The fraction of sp³-hybridized carbons (Fsp3) is 0.273. The summed E-state index contributed by atoms with van der Waals surface area (Å²) in [5.74, 6) is 3.91. The van der Waals surface area contributed by atoms with Crippen LogP contribution in [0.5, 0.6) is 0 Å². The number of carbonyl (C=O) groups is 2.